The normalized spacial score (nSPS) is 15.0. The average molecular weight is 382 g/mol. The van der Waals surface area contributed by atoms with Crippen molar-refractivity contribution in [2.24, 2.45) is 0 Å². The quantitative estimate of drug-likeness (QED) is 0.774. The van der Waals surface area contributed by atoms with E-state index in [1.807, 2.05) is 12.1 Å². The van der Waals surface area contributed by atoms with Crippen LogP contribution in [0.1, 0.15) is 30.9 Å². The van der Waals surface area contributed by atoms with Crippen LogP contribution in [0.3, 0.4) is 0 Å². The van der Waals surface area contributed by atoms with Crippen molar-refractivity contribution in [2.45, 2.75) is 26.2 Å². The molecule has 0 unspecified atom stereocenters. The van der Waals surface area contributed by atoms with Crippen molar-refractivity contribution in [3.8, 4) is 5.75 Å². The van der Waals surface area contributed by atoms with Gasteiger partial charge in [0.25, 0.3) is 0 Å². The summed E-state index contributed by atoms with van der Waals surface area (Å²) in [5.74, 6) is 0.926. The van der Waals surface area contributed by atoms with Crippen molar-refractivity contribution in [1.29, 1.82) is 0 Å². The minimum Gasteiger partial charge on any atom is -0.508 e. The molecule has 0 aromatic heterocycles. The van der Waals surface area contributed by atoms with Gasteiger partial charge in [0.2, 0.25) is 5.91 Å². The molecule has 1 aliphatic rings. The molecule has 2 aromatic carbocycles. The number of rotatable bonds is 7. The van der Waals surface area contributed by atoms with Crippen LogP contribution in [0.5, 0.6) is 5.75 Å². The van der Waals surface area contributed by atoms with E-state index in [1.54, 1.807) is 12.1 Å². The summed E-state index contributed by atoms with van der Waals surface area (Å²) in [5.41, 5.74) is 3.72. The van der Waals surface area contributed by atoms with Crippen LogP contribution >= 0.6 is 0 Å². The number of carbonyl (C=O) groups excluding carboxylic acids is 1. The van der Waals surface area contributed by atoms with Crippen LogP contribution in [0.25, 0.3) is 0 Å². The lowest BCUT2D eigenvalue weighted by Gasteiger charge is -2.35. The van der Waals surface area contributed by atoms with Gasteiger partial charge >= 0.3 is 0 Å². The number of amides is 1. The highest BCUT2D eigenvalue weighted by molar-refractivity contribution is 5.78. The van der Waals surface area contributed by atoms with Crippen LogP contribution in [-0.4, -0.2) is 55.2 Å². The molecule has 3 rings (SSSR count). The van der Waals surface area contributed by atoms with Crippen LogP contribution in [-0.2, 0) is 11.2 Å². The molecule has 2 aromatic rings. The van der Waals surface area contributed by atoms with E-state index in [4.69, 9.17) is 0 Å². The molecular formula is C23H31N3O2. The zero-order chi connectivity index (χ0) is 19.9. The number of anilines is 1. The summed E-state index contributed by atoms with van der Waals surface area (Å²) in [6, 6.07) is 16.0. The Kier molecular flexibility index (Phi) is 6.93. The summed E-state index contributed by atoms with van der Waals surface area (Å²) in [6.45, 7) is 9.03. The Morgan fingerprint density at radius 3 is 2.25 bits per heavy atom. The van der Waals surface area contributed by atoms with Crippen molar-refractivity contribution in [2.75, 3.05) is 44.2 Å². The van der Waals surface area contributed by atoms with E-state index in [-0.39, 0.29) is 11.7 Å². The Balaban J connectivity index is 1.36. The van der Waals surface area contributed by atoms with Gasteiger partial charge < -0.3 is 15.3 Å². The first kappa shape index (κ1) is 20.2. The van der Waals surface area contributed by atoms with Gasteiger partial charge in [0.1, 0.15) is 5.75 Å². The van der Waals surface area contributed by atoms with Crippen LogP contribution in [0.4, 0.5) is 5.69 Å². The second-order valence-corrected chi connectivity index (χ2v) is 7.78. The lowest BCUT2D eigenvalue weighted by Crippen LogP contribution is -2.49. The monoisotopic (exact) mass is 381 g/mol. The Bertz CT molecular complexity index is 748. The molecule has 0 atom stereocenters. The predicted molar refractivity (Wildman–Crippen MR) is 114 cm³/mol. The SMILES string of the molecule is CC(C)c1ccc(CCNC(=O)CN2CCN(c3ccc(O)cc3)CC2)cc1. The number of nitrogens with one attached hydrogen (secondary N) is 1. The zero-order valence-electron chi connectivity index (χ0n) is 16.9. The number of piperazine rings is 1. The number of carbonyl (C=O) groups is 1. The fraction of sp³-hybridized carbons (Fsp3) is 0.435. The number of aromatic hydroxyl groups is 1. The lowest BCUT2D eigenvalue weighted by atomic mass is 10.0. The minimum absolute atomic E-state index is 0.0943. The van der Waals surface area contributed by atoms with Crippen molar-refractivity contribution >= 4 is 11.6 Å². The summed E-state index contributed by atoms with van der Waals surface area (Å²) >= 11 is 0. The molecule has 1 heterocycles. The third-order valence-corrected chi connectivity index (χ3v) is 5.34. The Morgan fingerprint density at radius 2 is 1.64 bits per heavy atom. The molecule has 0 spiro atoms. The van der Waals surface area contributed by atoms with E-state index in [0.717, 1.165) is 38.3 Å². The molecule has 1 aliphatic heterocycles. The molecule has 2 N–H and O–H groups in total. The van der Waals surface area contributed by atoms with Gasteiger partial charge in [-0.3, -0.25) is 9.69 Å². The van der Waals surface area contributed by atoms with Gasteiger partial charge in [0.05, 0.1) is 6.54 Å². The van der Waals surface area contributed by atoms with E-state index in [9.17, 15) is 9.90 Å². The van der Waals surface area contributed by atoms with Gasteiger partial charge in [-0.25, -0.2) is 0 Å². The molecule has 1 amide bonds. The maximum absolute atomic E-state index is 12.2. The predicted octanol–water partition coefficient (Wildman–Crippen LogP) is 3.00. The smallest absolute Gasteiger partial charge is 0.234 e. The van der Waals surface area contributed by atoms with Crippen LogP contribution in [0, 0.1) is 0 Å². The Hall–Kier alpha value is -2.53. The summed E-state index contributed by atoms with van der Waals surface area (Å²) in [5, 5.41) is 12.4. The summed E-state index contributed by atoms with van der Waals surface area (Å²) < 4.78 is 0. The third kappa shape index (κ3) is 5.73. The second-order valence-electron chi connectivity index (χ2n) is 7.78. The summed E-state index contributed by atoms with van der Waals surface area (Å²) in [6.07, 6.45) is 0.860. The molecule has 5 nitrogen and oxygen atoms in total. The van der Waals surface area contributed by atoms with Crippen molar-refractivity contribution in [3.05, 3.63) is 59.7 Å². The van der Waals surface area contributed by atoms with Crippen LogP contribution < -0.4 is 10.2 Å². The number of phenols is 1. The van der Waals surface area contributed by atoms with Gasteiger partial charge in [0.15, 0.2) is 0 Å². The maximum atomic E-state index is 12.2. The Morgan fingerprint density at radius 1 is 1.00 bits per heavy atom. The molecule has 1 saturated heterocycles. The first-order valence-corrected chi connectivity index (χ1v) is 10.1. The number of hydrogen-bond donors (Lipinski definition) is 2. The molecule has 0 bridgehead atoms. The van der Waals surface area contributed by atoms with E-state index in [0.29, 0.717) is 19.0 Å². The average Bonchev–Trinajstić information content (AvgIpc) is 2.70. The van der Waals surface area contributed by atoms with Gasteiger partial charge in [-0.1, -0.05) is 38.1 Å². The molecule has 0 radical (unpaired) electrons. The first-order chi connectivity index (χ1) is 13.5. The fourth-order valence-corrected chi connectivity index (χ4v) is 3.50. The topological polar surface area (TPSA) is 55.8 Å². The number of benzene rings is 2. The van der Waals surface area contributed by atoms with Crippen LogP contribution in [0.15, 0.2) is 48.5 Å². The summed E-state index contributed by atoms with van der Waals surface area (Å²) in [7, 11) is 0. The van der Waals surface area contributed by atoms with E-state index >= 15 is 0 Å². The highest BCUT2D eigenvalue weighted by Gasteiger charge is 2.19. The number of nitrogens with zero attached hydrogens (tertiary/aromatic N) is 2. The van der Waals surface area contributed by atoms with Gasteiger partial charge in [-0.05, 0) is 47.7 Å². The minimum atomic E-state index is 0.0943. The zero-order valence-corrected chi connectivity index (χ0v) is 16.9. The molecule has 28 heavy (non-hydrogen) atoms. The Labute approximate surface area is 168 Å². The van der Waals surface area contributed by atoms with Gasteiger partial charge in [-0.15, -0.1) is 0 Å². The van der Waals surface area contributed by atoms with Gasteiger partial charge in [0, 0.05) is 38.4 Å². The molecule has 150 valence electrons. The number of phenolic OH excluding ortho intramolecular Hbond substituents is 1. The number of hydrogen-bond acceptors (Lipinski definition) is 4. The van der Waals surface area contributed by atoms with E-state index < -0.39 is 0 Å². The van der Waals surface area contributed by atoms with Crippen molar-refractivity contribution in [1.82, 2.24) is 10.2 Å². The second kappa shape index (κ2) is 9.60. The van der Waals surface area contributed by atoms with Crippen molar-refractivity contribution < 1.29 is 9.90 Å². The third-order valence-electron chi connectivity index (χ3n) is 5.34. The first-order valence-electron chi connectivity index (χ1n) is 10.1. The highest BCUT2D eigenvalue weighted by atomic mass is 16.3. The van der Waals surface area contributed by atoms with Crippen LogP contribution in [0.2, 0.25) is 0 Å². The summed E-state index contributed by atoms with van der Waals surface area (Å²) in [4.78, 5) is 16.7. The van der Waals surface area contributed by atoms with E-state index in [1.165, 1.54) is 11.1 Å². The lowest BCUT2D eigenvalue weighted by molar-refractivity contribution is -0.122. The largest absolute Gasteiger partial charge is 0.508 e. The molecular weight excluding hydrogens is 350 g/mol. The molecule has 1 fully saturated rings. The highest BCUT2D eigenvalue weighted by Crippen LogP contribution is 2.19. The molecule has 5 heteroatoms. The fourth-order valence-electron chi connectivity index (χ4n) is 3.50. The maximum Gasteiger partial charge on any atom is 0.234 e. The molecule has 0 saturated carbocycles. The van der Waals surface area contributed by atoms with Crippen molar-refractivity contribution in [3.63, 3.8) is 0 Å². The van der Waals surface area contributed by atoms with E-state index in [2.05, 4.69) is 53.2 Å². The standard InChI is InChI=1S/C23H31N3O2/c1-18(2)20-5-3-19(4-6-20)11-12-24-23(28)17-25-13-15-26(16-14-25)21-7-9-22(27)10-8-21/h3-10,18,27H,11-17H2,1-2H3,(H,24,28). The van der Waals surface area contributed by atoms with Gasteiger partial charge in [-0.2, -0.15) is 0 Å². The molecule has 0 aliphatic carbocycles.